The third kappa shape index (κ3) is 4.31. The van der Waals surface area contributed by atoms with Crippen molar-refractivity contribution in [1.82, 2.24) is 4.57 Å². The lowest BCUT2D eigenvalue weighted by atomic mass is 10.1. The summed E-state index contributed by atoms with van der Waals surface area (Å²) in [6.45, 7) is 0.181. The minimum atomic E-state index is -0.728. The molecule has 0 unspecified atom stereocenters. The summed E-state index contributed by atoms with van der Waals surface area (Å²) < 4.78 is 1.34. The summed E-state index contributed by atoms with van der Waals surface area (Å²) in [6, 6.07) is 15.2. The van der Waals surface area contributed by atoms with Crippen LogP contribution in [0.2, 0.25) is 5.02 Å². The molecule has 0 spiro atoms. The Morgan fingerprint density at radius 3 is 2.66 bits per heavy atom. The van der Waals surface area contributed by atoms with Gasteiger partial charge in [0.25, 0.3) is 17.2 Å². The van der Waals surface area contributed by atoms with E-state index in [0.29, 0.717) is 5.02 Å². The van der Waals surface area contributed by atoms with Gasteiger partial charge in [0.05, 0.1) is 22.7 Å². The maximum atomic E-state index is 12.7. The van der Waals surface area contributed by atoms with Gasteiger partial charge in [-0.2, -0.15) is 5.26 Å². The number of anilines is 1. The summed E-state index contributed by atoms with van der Waals surface area (Å²) >= 11 is 6.13. The highest BCUT2D eigenvalue weighted by molar-refractivity contribution is 6.31. The van der Waals surface area contributed by atoms with Crippen LogP contribution >= 0.6 is 11.6 Å². The molecule has 1 heterocycles. The number of non-ortho nitro benzene ring substituents is 1. The molecule has 0 bridgehead atoms. The number of hydrogen-bond acceptors (Lipinski definition) is 5. The number of rotatable bonds is 5. The number of nitrogens with zero attached hydrogens (tertiary/aromatic N) is 3. The first kappa shape index (κ1) is 19.8. The van der Waals surface area contributed by atoms with Gasteiger partial charge in [-0.05, 0) is 29.8 Å². The van der Waals surface area contributed by atoms with Gasteiger partial charge in [-0.15, -0.1) is 0 Å². The number of carbonyl (C=O) groups excluding carboxylic acids is 1. The summed E-state index contributed by atoms with van der Waals surface area (Å²) in [4.78, 5) is 35.5. The van der Waals surface area contributed by atoms with Crippen LogP contribution in [0.25, 0.3) is 0 Å². The predicted molar refractivity (Wildman–Crippen MR) is 107 cm³/mol. The number of aromatic nitrogens is 1. The summed E-state index contributed by atoms with van der Waals surface area (Å²) in [5.74, 6) is -0.728. The van der Waals surface area contributed by atoms with E-state index >= 15 is 0 Å². The molecule has 144 valence electrons. The van der Waals surface area contributed by atoms with E-state index in [9.17, 15) is 25.0 Å². The van der Waals surface area contributed by atoms with Crippen molar-refractivity contribution in [3.63, 3.8) is 0 Å². The minimum Gasteiger partial charge on any atom is -0.321 e. The lowest BCUT2D eigenvalue weighted by molar-refractivity contribution is -0.384. The van der Waals surface area contributed by atoms with Crippen molar-refractivity contribution in [2.24, 2.45) is 0 Å². The molecule has 0 saturated heterocycles. The number of carbonyl (C=O) groups is 1. The number of amides is 1. The Hall–Kier alpha value is -3.96. The molecule has 0 aliphatic rings. The minimum absolute atomic E-state index is 0.0732. The normalized spacial score (nSPS) is 10.2. The molecule has 0 fully saturated rings. The molecule has 1 N–H and O–H groups in total. The molecule has 1 amide bonds. The standard InChI is InChI=1S/C20H13ClN4O4/c21-17-6-2-1-4-13(17)12-24-9-3-5-16(20(24)27)19(26)23-18-8-7-15(25(28)29)10-14(18)11-22/h1-10H,12H2,(H,23,26). The third-order valence-electron chi connectivity index (χ3n) is 4.15. The molecule has 0 saturated carbocycles. The van der Waals surface area contributed by atoms with Crippen molar-refractivity contribution >= 4 is 28.9 Å². The average molecular weight is 409 g/mol. The molecule has 8 nitrogen and oxygen atoms in total. The highest BCUT2D eigenvalue weighted by atomic mass is 35.5. The van der Waals surface area contributed by atoms with Gasteiger partial charge < -0.3 is 9.88 Å². The molecule has 9 heteroatoms. The number of benzene rings is 2. The molecule has 3 aromatic rings. The van der Waals surface area contributed by atoms with E-state index in [2.05, 4.69) is 5.32 Å². The zero-order valence-corrected chi connectivity index (χ0v) is 15.6. The number of hydrogen-bond donors (Lipinski definition) is 1. The molecule has 0 aliphatic heterocycles. The van der Waals surface area contributed by atoms with E-state index < -0.39 is 16.4 Å². The second kappa shape index (κ2) is 8.37. The summed E-state index contributed by atoms with van der Waals surface area (Å²) in [5, 5.41) is 23.0. The highest BCUT2D eigenvalue weighted by Gasteiger charge is 2.17. The lowest BCUT2D eigenvalue weighted by Gasteiger charge is -2.10. The summed E-state index contributed by atoms with van der Waals surface area (Å²) in [6.07, 6.45) is 1.54. The molecule has 0 radical (unpaired) electrons. The number of nitrogens with one attached hydrogen (secondary N) is 1. The van der Waals surface area contributed by atoms with Gasteiger partial charge in [0.15, 0.2) is 0 Å². The Morgan fingerprint density at radius 1 is 1.21 bits per heavy atom. The number of nitro benzene ring substituents is 1. The van der Waals surface area contributed by atoms with E-state index in [1.165, 1.54) is 22.9 Å². The SMILES string of the molecule is N#Cc1cc([N+](=O)[O-])ccc1NC(=O)c1cccn(Cc2ccccc2Cl)c1=O. The van der Waals surface area contributed by atoms with Crippen molar-refractivity contribution in [3.8, 4) is 6.07 Å². The van der Waals surface area contributed by atoms with Crippen molar-refractivity contribution in [1.29, 1.82) is 5.26 Å². The van der Waals surface area contributed by atoms with Gasteiger partial charge in [0, 0.05) is 23.4 Å². The van der Waals surface area contributed by atoms with Crippen molar-refractivity contribution in [2.75, 3.05) is 5.32 Å². The van der Waals surface area contributed by atoms with Crippen LogP contribution in [0.1, 0.15) is 21.5 Å². The topological polar surface area (TPSA) is 118 Å². The Bertz CT molecular complexity index is 1210. The molecular formula is C20H13ClN4O4. The molecule has 1 aromatic heterocycles. The fraction of sp³-hybridized carbons (Fsp3) is 0.0500. The van der Waals surface area contributed by atoms with Crippen LogP contribution in [0.5, 0.6) is 0 Å². The first-order valence-electron chi connectivity index (χ1n) is 8.33. The first-order chi connectivity index (χ1) is 13.9. The smallest absolute Gasteiger partial charge is 0.270 e. The van der Waals surface area contributed by atoms with Gasteiger partial charge >= 0.3 is 0 Å². The van der Waals surface area contributed by atoms with E-state index in [1.54, 1.807) is 36.4 Å². The van der Waals surface area contributed by atoms with Crippen LogP contribution in [0.15, 0.2) is 65.6 Å². The van der Waals surface area contributed by atoms with E-state index in [1.807, 2.05) is 0 Å². The third-order valence-corrected chi connectivity index (χ3v) is 4.51. The predicted octanol–water partition coefficient (Wildman–Crippen LogP) is 3.58. The van der Waals surface area contributed by atoms with Crippen LogP contribution in [0, 0.1) is 21.4 Å². The van der Waals surface area contributed by atoms with Gasteiger partial charge in [-0.25, -0.2) is 0 Å². The van der Waals surface area contributed by atoms with Crippen LogP contribution in [-0.4, -0.2) is 15.4 Å². The van der Waals surface area contributed by atoms with Crippen molar-refractivity contribution < 1.29 is 9.72 Å². The zero-order chi connectivity index (χ0) is 21.0. The first-order valence-corrected chi connectivity index (χ1v) is 8.71. The van der Waals surface area contributed by atoms with E-state index in [4.69, 9.17) is 11.6 Å². The Balaban J connectivity index is 1.89. The van der Waals surface area contributed by atoms with Gasteiger partial charge in [0.1, 0.15) is 11.6 Å². The fourth-order valence-corrected chi connectivity index (χ4v) is 2.88. The highest BCUT2D eigenvalue weighted by Crippen LogP contribution is 2.22. The van der Waals surface area contributed by atoms with Gasteiger partial charge in [-0.1, -0.05) is 29.8 Å². The Kier molecular flexibility index (Phi) is 5.71. The van der Waals surface area contributed by atoms with Crippen molar-refractivity contribution in [3.05, 3.63) is 103 Å². The lowest BCUT2D eigenvalue weighted by Crippen LogP contribution is -2.29. The quantitative estimate of drug-likeness (QED) is 0.511. The second-order valence-corrected chi connectivity index (χ2v) is 6.41. The number of halogens is 1. The molecule has 2 aromatic carbocycles. The second-order valence-electron chi connectivity index (χ2n) is 6.00. The Labute approximate surface area is 169 Å². The van der Waals surface area contributed by atoms with Gasteiger partial charge in [0.2, 0.25) is 0 Å². The monoisotopic (exact) mass is 408 g/mol. The maximum absolute atomic E-state index is 12.7. The van der Waals surface area contributed by atoms with Gasteiger partial charge in [-0.3, -0.25) is 19.7 Å². The van der Waals surface area contributed by atoms with Crippen LogP contribution in [0.3, 0.4) is 0 Å². The van der Waals surface area contributed by atoms with Crippen LogP contribution in [0.4, 0.5) is 11.4 Å². The largest absolute Gasteiger partial charge is 0.321 e. The van der Waals surface area contributed by atoms with Crippen LogP contribution in [-0.2, 0) is 6.54 Å². The maximum Gasteiger partial charge on any atom is 0.270 e. The zero-order valence-electron chi connectivity index (χ0n) is 14.8. The summed E-state index contributed by atoms with van der Waals surface area (Å²) in [5.41, 5.74) is -0.242. The van der Waals surface area contributed by atoms with Crippen LogP contribution < -0.4 is 10.9 Å². The summed E-state index contributed by atoms with van der Waals surface area (Å²) in [7, 11) is 0. The molecule has 29 heavy (non-hydrogen) atoms. The number of nitriles is 1. The number of pyridine rings is 1. The number of nitro groups is 1. The molecule has 3 rings (SSSR count). The molecule has 0 aliphatic carbocycles. The van der Waals surface area contributed by atoms with E-state index in [-0.39, 0.29) is 29.0 Å². The molecular weight excluding hydrogens is 396 g/mol. The Morgan fingerprint density at radius 2 is 1.97 bits per heavy atom. The fourth-order valence-electron chi connectivity index (χ4n) is 2.68. The molecule has 0 atom stereocenters. The van der Waals surface area contributed by atoms with Crippen molar-refractivity contribution in [2.45, 2.75) is 6.54 Å². The average Bonchev–Trinajstić information content (AvgIpc) is 2.71. The van der Waals surface area contributed by atoms with E-state index in [0.717, 1.165) is 17.7 Å².